The van der Waals surface area contributed by atoms with Gasteiger partial charge in [-0.3, -0.25) is 19.2 Å². The van der Waals surface area contributed by atoms with Crippen molar-refractivity contribution in [2.75, 3.05) is 13.2 Å². The third kappa shape index (κ3) is 5.64. The topological polar surface area (TPSA) is 114 Å². The van der Waals surface area contributed by atoms with Crippen LogP contribution in [0.25, 0.3) is 0 Å². The van der Waals surface area contributed by atoms with Crippen molar-refractivity contribution in [3.05, 3.63) is 0 Å². The Kier molecular flexibility index (Phi) is 6.97. The molecule has 9 nitrogen and oxygen atoms in total. The van der Waals surface area contributed by atoms with Gasteiger partial charge in [0.25, 0.3) is 0 Å². The predicted molar refractivity (Wildman–Crippen MR) is 77.8 cm³/mol. The third-order valence-corrected chi connectivity index (χ3v) is 3.40. The second kappa shape index (κ2) is 8.29. The number of carbonyl (C=O) groups is 4. The molecule has 0 spiro atoms. The summed E-state index contributed by atoms with van der Waals surface area (Å²) in [6, 6.07) is 0. The van der Waals surface area contributed by atoms with Gasteiger partial charge in [-0.15, -0.1) is 0 Å². The molecule has 4 unspecified atom stereocenters. The van der Waals surface area contributed by atoms with Crippen LogP contribution in [-0.2, 0) is 42.9 Å². The minimum Gasteiger partial charge on any atom is -0.461 e. The summed E-state index contributed by atoms with van der Waals surface area (Å²) in [4.78, 5) is 45.0. The molecule has 0 aromatic rings. The van der Waals surface area contributed by atoms with Crippen LogP contribution in [0.15, 0.2) is 0 Å². The Morgan fingerprint density at radius 2 is 1.50 bits per heavy atom. The van der Waals surface area contributed by atoms with E-state index in [-0.39, 0.29) is 6.61 Å². The van der Waals surface area contributed by atoms with Crippen molar-refractivity contribution in [1.82, 2.24) is 0 Å². The van der Waals surface area contributed by atoms with E-state index in [0.717, 1.165) is 27.7 Å². The Labute approximate surface area is 143 Å². The molecule has 0 saturated carbocycles. The molecule has 1 rings (SSSR count). The van der Waals surface area contributed by atoms with Gasteiger partial charge >= 0.3 is 23.9 Å². The van der Waals surface area contributed by atoms with Gasteiger partial charge in [-0.1, -0.05) is 11.6 Å². The molecule has 0 amide bonds. The van der Waals surface area contributed by atoms with Gasteiger partial charge in [0.2, 0.25) is 5.06 Å². The highest BCUT2D eigenvalue weighted by atomic mass is 35.5. The maximum absolute atomic E-state index is 11.4. The smallest absolute Gasteiger partial charge is 0.303 e. The average molecular weight is 367 g/mol. The molecule has 24 heavy (non-hydrogen) atoms. The van der Waals surface area contributed by atoms with Crippen LogP contribution in [0.1, 0.15) is 27.7 Å². The van der Waals surface area contributed by atoms with Crippen molar-refractivity contribution in [1.29, 1.82) is 0 Å². The number of esters is 4. The fourth-order valence-electron chi connectivity index (χ4n) is 2.14. The van der Waals surface area contributed by atoms with Gasteiger partial charge in [0, 0.05) is 27.7 Å². The minimum absolute atomic E-state index is 0.250. The van der Waals surface area contributed by atoms with Gasteiger partial charge in [0.15, 0.2) is 18.3 Å². The van der Waals surface area contributed by atoms with E-state index in [0.29, 0.717) is 0 Å². The van der Waals surface area contributed by atoms with Gasteiger partial charge in [-0.25, -0.2) is 0 Å². The first-order valence-electron chi connectivity index (χ1n) is 7.03. The lowest BCUT2D eigenvalue weighted by atomic mass is 9.99. The molecule has 1 heterocycles. The summed E-state index contributed by atoms with van der Waals surface area (Å²) in [6.45, 7) is 3.85. The van der Waals surface area contributed by atoms with Crippen LogP contribution >= 0.6 is 11.6 Å². The monoisotopic (exact) mass is 366 g/mol. The highest BCUT2D eigenvalue weighted by Gasteiger charge is 2.56. The van der Waals surface area contributed by atoms with E-state index in [1.165, 1.54) is 0 Å². The lowest BCUT2D eigenvalue weighted by Gasteiger charge is -2.44. The Morgan fingerprint density at radius 1 is 0.958 bits per heavy atom. The summed E-state index contributed by atoms with van der Waals surface area (Å²) in [5, 5.41) is -1.80. The third-order valence-electron chi connectivity index (χ3n) is 2.96. The zero-order chi connectivity index (χ0) is 18.5. The number of halogens is 1. The fraction of sp³-hybridized carbons (Fsp3) is 0.714. The molecule has 0 radical (unpaired) electrons. The van der Waals surface area contributed by atoms with Crippen LogP contribution in [0.5, 0.6) is 0 Å². The Morgan fingerprint density at radius 3 is 1.96 bits per heavy atom. The van der Waals surface area contributed by atoms with E-state index in [4.69, 9.17) is 35.3 Å². The summed E-state index contributed by atoms with van der Waals surface area (Å²) in [5.41, 5.74) is 0. The van der Waals surface area contributed by atoms with E-state index >= 15 is 0 Å². The average Bonchev–Trinajstić information content (AvgIpc) is 2.43. The summed E-state index contributed by atoms with van der Waals surface area (Å²) in [6.07, 6.45) is -3.63. The first kappa shape index (κ1) is 20.2. The molecule has 1 aliphatic heterocycles. The zero-order valence-electron chi connectivity index (χ0n) is 13.7. The highest BCUT2D eigenvalue weighted by molar-refractivity contribution is 6.23. The van der Waals surface area contributed by atoms with Gasteiger partial charge in [0.1, 0.15) is 6.61 Å². The number of rotatable bonds is 5. The highest BCUT2D eigenvalue weighted by Crippen LogP contribution is 2.35. The van der Waals surface area contributed by atoms with Crippen molar-refractivity contribution >= 4 is 35.5 Å². The van der Waals surface area contributed by atoms with Crippen LogP contribution in [0.3, 0.4) is 0 Å². The first-order chi connectivity index (χ1) is 11.0. The molecule has 0 aliphatic carbocycles. The molecule has 0 N–H and O–H groups in total. The van der Waals surface area contributed by atoms with Crippen LogP contribution in [0, 0.1) is 0 Å². The van der Waals surface area contributed by atoms with Crippen molar-refractivity contribution in [2.24, 2.45) is 0 Å². The molecular formula is C14H19ClO9. The Bertz CT molecular complexity index is 520. The maximum atomic E-state index is 11.4. The molecule has 10 heteroatoms. The van der Waals surface area contributed by atoms with Gasteiger partial charge < -0.3 is 23.7 Å². The van der Waals surface area contributed by atoms with Crippen LogP contribution < -0.4 is 0 Å². The minimum atomic E-state index is -1.80. The first-order valence-corrected chi connectivity index (χ1v) is 7.41. The van der Waals surface area contributed by atoms with E-state index in [2.05, 4.69) is 0 Å². The Hall–Kier alpha value is -1.87. The van der Waals surface area contributed by atoms with Gasteiger partial charge in [-0.05, 0) is 0 Å². The quantitative estimate of drug-likeness (QED) is 0.385. The summed E-state index contributed by atoms with van der Waals surface area (Å²) in [7, 11) is 0. The molecule has 1 saturated heterocycles. The molecule has 0 bridgehead atoms. The standard InChI is InChI=1S/C14H19ClO9/c1-7(16)20-6-14(15)13(24-10(4)19)12(23-9(3)18)11(5-21-14)22-8(2)17/h11-13H,5-6H2,1-4H3. The molecule has 0 aromatic heterocycles. The molecule has 1 aliphatic rings. The van der Waals surface area contributed by atoms with E-state index in [9.17, 15) is 19.2 Å². The molecule has 1 fully saturated rings. The Balaban J connectivity index is 3.14. The normalized spacial score (nSPS) is 29.3. The van der Waals surface area contributed by atoms with Crippen molar-refractivity contribution in [3.63, 3.8) is 0 Å². The number of alkyl halides is 1. The molecule has 4 atom stereocenters. The second-order valence-corrected chi connectivity index (χ2v) is 5.77. The summed E-state index contributed by atoms with van der Waals surface area (Å²) < 4.78 is 25.5. The van der Waals surface area contributed by atoms with E-state index < -0.39 is 53.9 Å². The molecule has 0 aromatic carbocycles. The van der Waals surface area contributed by atoms with E-state index in [1.54, 1.807) is 0 Å². The van der Waals surface area contributed by atoms with Gasteiger partial charge in [0.05, 0.1) is 6.61 Å². The zero-order valence-corrected chi connectivity index (χ0v) is 14.5. The predicted octanol–water partition coefficient (Wildman–Crippen LogP) is 0.310. The summed E-state index contributed by atoms with van der Waals surface area (Å²) in [5.74, 6) is -2.73. The van der Waals surface area contributed by atoms with Crippen LogP contribution in [-0.4, -0.2) is 60.5 Å². The van der Waals surface area contributed by atoms with Crippen molar-refractivity contribution < 1.29 is 42.9 Å². The SMILES string of the molecule is CC(=O)OCC1(Cl)OCC(OC(C)=O)C(OC(C)=O)C1OC(C)=O. The van der Waals surface area contributed by atoms with Crippen LogP contribution in [0.2, 0.25) is 0 Å². The molecule has 136 valence electrons. The molecular weight excluding hydrogens is 348 g/mol. The number of carbonyl (C=O) groups excluding carboxylic acids is 4. The van der Waals surface area contributed by atoms with Crippen LogP contribution in [0.4, 0.5) is 0 Å². The van der Waals surface area contributed by atoms with Crippen molar-refractivity contribution in [3.8, 4) is 0 Å². The number of hydrogen-bond acceptors (Lipinski definition) is 9. The van der Waals surface area contributed by atoms with Gasteiger partial charge in [-0.2, -0.15) is 0 Å². The maximum Gasteiger partial charge on any atom is 0.303 e. The number of ether oxygens (including phenoxy) is 5. The summed E-state index contributed by atoms with van der Waals surface area (Å²) >= 11 is 6.30. The fourth-order valence-corrected chi connectivity index (χ4v) is 2.43. The lowest BCUT2D eigenvalue weighted by molar-refractivity contribution is -0.242. The van der Waals surface area contributed by atoms with Crippen molar-refractivity contribution in [2.45, 2.75) is 51.1 Å². The largest absolute Gasteiger partial charge is 0.461 e. The number of hydrogen-bond donors (Lipinski definition) is 0. The second-order valence-electron chi connectivity index (χ2n) is 5.13. The lowest BCUT2D eigenvalue weighted by Crippen LogP contribution is -2.63. The van der Waals surface area contributed by atoms with E-state index in [1.807, 2.05) is 0 Å².